The Morgan fingerprint density at radius 3 is 2.41 bits per heavy atom. The standard InChI is InChI=1S/C26H29N3O6S2/c1-19-6-4-5-7-21(19)18-36-15-14-27-26(30)17-28(22-9-11-23(35-3)12-10-22)37(33,34)24-13-8-20(2)25(16-24)29(31)32/h4-13,16H,14-15,17-18H2,1-3H3,(H,27,30). The number of ether oxygens (including phenoxy) is 1. The second-order valence-electron chi connectivity index (χ2n) is 8.24. The third-order valence-electron chi connectivity index (χ3n) is 5.70. The number of nitro benzene ring substituents is 1. The monoisotopic (exact) mass is 543 g/mol. The van der Waals surface area contributed by atoms with Crippen LogP contribution < -0.4 is 14.4 Å². The summed E-state index contributed by atoms with van der Waals surface area (Å²) in [5.74, 6) is 1.49. The van der Waals surface area contributed by atoms with Gasteiger partial charge in [0, 0.05) is 29.7 Å². The summed E-state index contributed by atoms with van der Waals surface area (Å²) < 4.78 is 33.2. The lowest BCUT2D eigenvalue weighted by molar-refractivity contribution is -0.385. The van der Waals surface area contributed by atoms with Gasteiger partial charge in [0.25, 0.3) is 15.7 Å². The van der Waals surface area contributed by atoms with E-state index in [0.29, 0.717) is 23.6 Å². The average Bonchev–Trinajstić information content (AvgIpc) is 2.88. The summed E-state index contributed by atoms with van der Waals surface area (Å²) in [4.78, 5) is 23.3. The minimum Gasteiger partial charge on any atom is -0.497 e. The van der Waals surface area contributed by atoms with Crippen molar-refractivity contribution in [3.05, 3.63) is 93.5 Å². The van der Waals surface area contributed by atoms with Gasteiger partial charge < -0.3 is 10.1 Å². The fourth-order valence-corrected chi connectivity index (χ4v) is 5.92. The van der Waals surface area contributed by atoms with E-state index in [9.17, 15) is 23.3 Å². The lowest BCUT2D eigenvalue weighted by Crippen LogP contribution is -2.41. The topological polar surface area (TPSA) is 119 Å². The van der Waals surface area contributed by atoms with Gasteiger partial charge in [-0.15, -0.1) is 0 Å². The molecule has 0 heterocycles. The minimum absolute atomic E-state index is 0.230. The number of amides is 1. The number of nitro groups is 1. The number of aryl methyl sites for hydroxylation is 2. The van der Waals surface area contributed by atoms with Crippen LogP contribution in [0.3, 0.4) is 0 Å². The number of sulfonamides is 1. The van der Waals surface area contributed by atoms with Gasteiger partial charge in [0.15, 0.2) is 0 Å². The third-order valence-corrected chi connectivity index (χ3v) is 8.48. The highest BCUT2D eigenvalue weighted by Gasteiger charge is 2.29. The summed E-state index contributed by atoms with van der Waals surface area (Å²) in [6.07, 6.45) is 0. The van der Waals surface area contributed by atoms with Gasteiger partial charge in [0.2, 0.25) is 5.91 Å². The van der Waals surface area contributed by atoms with Crippen LogP contribution in [0, 0.1) is 24.0 Å². The van der Waals surface area contributed by atoms with E-state index in [1.807, 2.05) is 12.1 Å². The van der Waals surface area contributed by atoms with Crippen LogP contribution in [0.5, 0.6) is 5.75 Å². The molecule has 0 atom stereocenters. The summed E-state index contributed by atoms with van der Waals surface area (Å²) in [7, 11) is -2.81. The number of methoxy groups -OCH3 is 1. The van der Waals surface area contributed by atoms with Gasteiger partial charge in [-0.1, -0.05) is 30.3 Å². The van der Waals surface area contributed by atoms with Crippen LogP contribution in [0.4, 0.5) is 11.4 Å². The van der Waals surface area contributed by atoms with Crippen molar-refractivity contribution in [2.75, 3.05) is 30.3 Å². The summed E-state index contributed by atoms with van der Waals surface area (Å²) in [6, 6.07) is 18.0. The Morgan fingerprint density at radius 2 is 1.76 bits per heavy atom. The second kappa shape index (κ2) is 12.6. The molecule has 3 aromatic rings. The molecule has 0 fully saturated rings. The Kier molecular flexibility index (Phi) is 9.54. The van der Waals surface area contributed by atoms with Crippen LogP contribution in [0.2, 0.25) is 0 Å². The van der Waals surface area contributed by atoms with Crippen molar-refractivity contribution in [3.63, 3.8) is 0 Å². The van der Waals surface area contributed by atoms with E-state index in [4.69, 9.17) is 4.74 Å². The van der Waals surface area contributed by atoms with Crippen LogP contribution in [0.15, 0.2) is 71.6 Å². The summed E-state index contributed by atoms with van der Waals surface area (Å²) >= 11 is 1.67. The number of nitrogens with one attached hydrogen (secondary N) is 1. The van der Waals surface area contributed by atoms with Crippen molar-refractivity contribution in [1.29, 1.82) is 0 Å². The molecular weight excluding hydrogens is 514 g/mol. The Morgan fingerprint density at radius 1 is 1.05 bits per heavy atom. The maximum Gasteiger partial charge on any atom is 0.273 e. The van der Waals surface area contributed by atoms with E-state index in [1.54, 1.807) is 23.9 Å². The molecule has 11 heteroatoms. The zero-order chi connectivity index (χ0) is 27.0. The number of benzene rings is 3. The van der Waals surface area contributed by atoms with Crippen LogP contribution in [0.1, 0.15) is 16.7 Å². The van der Waals surface area contributed by atoms with Crippen molar-refractivity contribution in [3.8, 4) is 5.75 Å². The predicted octanol–water partition coefficient (Wildman–Crippen LogP) is 4.47. The molecule has 0 radical (unpaired) electrons. The first-order valence-corrected chi connectivity index (χ1v) is 14.0. The highest BCUT2D eigenvalue weighted by atomic mass is 32.2. The number of anilines is 1. The normalized spacial score (nSPS) is 11.1. The third kappa shape index (κ3) is 7.23. The van der Waals surface area contributed by atoms with Crippen molar-refractivity contribution < 1.29 is 22.9 Å². The number of hydrogen-bond donors (Lipinski definition) is 1. The summed E-state index contributed by atoms with van der Waals surface area (Å²) in [5.41, 5.74) is 2.68. The van der Waals surface area contributed by atoms with E-state index < -0.39 is 27.4 Å². The molecule has 196 valence electrons. The van der Waals surface area contributed by atoms with Gasteiger partial charge in [0.05, 0.1) is 22.6 Å². The van der Waals surface area contributed by atoms with E-state index in [-0.39, 0.29) is 16.3 Å². The molecule has 0 aliphatic rings. The van der Waals surface area contributed by atoms with Crippen molar-refractivity contribution in [1.82, 2.24) is 5.32 Å². The summed E-state index contributed by atoms with van der Waals surface area (Å²) in [5, 5.41) is 14.2. The largest absolute Gasteiger partial charge is 0.497 e. The zero-order valence-corrected chi connectivity index (χ0v) is 22.5. The molecule has 37 heavy (non-hydrogen) atoms. The fraction of sp³-hybridized carbons (Fsp3) is 0.269. The Labute approximate surface area is 221 Å². The molecule has 0 saturated carbocycles. The number of rotatable bonds is 12. The number of hydrogen-bond acceptors (Lipinski definition) is 7. The van der Waals surface area contributed by atoms with Crippen LogP contribution in [-0.4, -0.2) is 45.2 Å². The molecule has 0 aliphatic heterocycles. The van der Waals surface area contributed by atoms with E-state index in [2.05, 4.69) is 24.4 Å². The van der Waals surface area contributed by atoms with Gasteiger partial charge in [-0.25, -0.2) is 8.42 Å². The Balaban J connectivity index is 1.75. The molecule has 0 unspecified atom stereocenters. The molecule has 0 saturated heterocycles. The molecule has 3 rings (SSSR count). The fourth-order valence-electron chi connectivity index (χ4n) is 3.54. The van der Waals surface area contributed by atoms with Crippen molar-refractivity contribution >= 4 is 39.1 Å². The van der Waals surface area contributed by atoms with Crippen LogP contribution in [0.25, 0.3) is 0 Å². The first kappa shape index (κ1) is 28.0. The van der Waals surface area contributed by atoms with Crippen molar-refractivity contribution in [2.24, 2.45) is 0 Å². The second-order valence-corrected chi connectivity index (χ2v) is 11.2. The van der Waals surface area contributed by atoms with Crippen LogP contribution in [-0.2, 0) is 20.6 Å². The molecule has 3 aromatic carbocycles. The Hall–Kier alpha value is -3.57. The quantitative estimate of drug-likeness (QED) is 0.203. The summed E-state index contributed by atoms with van der Waals surface area (Å²) in [6.45, 7) is 3.45. The molecular formula is C26H29N3O6S2. The molecule has 1 N–H and O–H groups in total. The maximum atomic E-state index is 13.6. The Bertz CT molecular complexity index is 1360. The highest BCUT2D eigenvalue weighted by molar-refractivity contribution is 7.98. The smallest absolute Gasteiger partial charge is 0.273 e. The highest BCUT2D eigenvalue weighted by Crippen LogP contribution is 2.29. The van der Waals surface area contributed by atoms with E-state index in [1.165, 1.54) is 49.4 Å². The number of carbonyl (C=O) groups is 1. The minimum atomic E-state index is -4.30. The van der Waals surface area contributed by atoms with Gasteiger partial charge >= 0.3 is 0 Å². The van der Waals surface area contributed by atoms with Crippen molar-refractivity contribution in [2.45, 2.75) is 24.5 Å². The first-order valence-electron chi connectivity index (χ1n) is 11.4. The van der Waals surface area contributed by atoms with Gasteiger partial charge in [-0.05, 0) is 55.3 Å². The van der Waals surface area contributed by atoms with E-state index >= 15 is 0 Å². The zero-order valence-electron chi connectivity index (χ0n) is 20.8. The molecule has 9 nitrogen and oxygen atoms in total. The molecule has 0 aromatic heterocycles. The molecule has 1 amide bonds. The molecule has 0 bridgehead atoms. The van der Waals surface area contributed by atoms with Gasteiger partial charge in [0.1, 0.15) is 12.3 Å². The number of thioether (sulfide) groups is 1. The van der Waals surface area contributed by atoms with Crippen LogP contribution >= 0.6 is 11.8 Å². The number of carbonyl (C=O) groups excluding carboxylic acids is 1. The lowest BCUT2D eigenvalue weighted by atomic mass is 10.1. The number of nitrogens with zero attached hydrogens (tertiary/aromatic N) is 2. The SMILES string of the molecule is COc1ccc(N(CC(=O)NCCSCc2ccccc2C)S(=O)(=O)c2ccc(C)c([N+](=O)[O-])c2)cc1. The first-order chi connectivity index (χ1) is 17.6. The molecule has 0 aliphatic carbocycles. The van der Waals surface area contributed by atoms with Gasteiger partial charge in [-0.3, -0.25) is 19.2 Å². The predicted molar refractivity (Wildman–Crippen MR) is 146 cm³/mol. The van der Waals surface area contributed by atoms with E-state index in [0.717, 1.165) is 16.1 Å². The molecule has 0 spiro atoms. The van der Waals surface area contributed by atoms with Gasteiger partial charge in [-0.2, -0.15) is 11.8 Å². The average molecular weight is 544 g/mol. The maximum absolute atomic E-state index is 13.6. The lowest BCUT2D eigenvalue weighted by Gasteiger charge is -2.24.